The van der Waals surface area contributed by atoms with Gasteiger partial charge in [0.2, 0.25) is 5.91 Å². The highest BCUT2D eigenvalue weighted by Gasteiger charge is 2.30. The standard InChI is InChI=1S/C22H25N3O2S/c1-15-19(16-9-7-6-8-10-16)24-25(4)20(15)23-21(26)22(2,3)28-18-13-11-17(27-5)12-14-18/h6-14H,1-5H3,(H,23,26). The van der Waals surface area contributed by atoms with E-state index >= 15 is 0 Å². The molecule has 0 unspecified atom stereocenters. The van der Waals surface area contributed by atoms with Crippen LogP contribution in [-0.2, 0) is 11.8 Å². The Morgan fingerprint density at radius 3 is 2.36 bits per heavy atom. The van der Waals surface area contributed by atoms with E-state index in [4.69, 9.17) is 4.74 Å². The molecule has 0 saturated carbocycles. The Morgan fingerprint density at radius 1 is 1.11 bits per heavy atom. The average Bonchev–Trinajstić information content (AvgIpc) is 2.97. The molecule has 28 heavy (non-hydrogen) atoms. The van der Waals surface area contributed by atoms with Crippen molar-refractivity contribution >= 4 is 23.5 Å². The van der Waals surface area contributed by atoms with Gasteiger partial charge in [-0.15, -0.1) is 11.8 Å². The summed E-state index contributed by atoms with van der Waals surface area (Å²) in [6, 6.07) is 17.7. The zero-order valence-electron chi connectivity index (χ0n) is 16.8. The van der Waals surface area contributed by atoms with Crippen molar-refractivity contribution < 1.29 is 9.53 Å². The van der Waals surface area contributed by atoms with Gasteiger partial charge in [-0.3, -0.25) is 9.48 Å². The summed E-state index contributed by atoms with van der Waals surface area (Å²) in [5.41, 5.74) is 2.86. The third-order valence-corrected chi connectivity index (χ3v) is 5.75. The lowest BCUT2D eigenvalue weighted by atomic mass is 10.1. The van der Waals surface area contributed by atoms with E-state index in [1.807, 2.05) is 82.4 Å². The molecule has 0 radical (unpaired) electrons. The molecular formula is C22H25N3O2S. The Labute approximate surface area is 170 Å². The monoisotopic (exact) mass is 395 g/mol. The maximum atomic E-state index is 13.0. The van der Waals surface area contributed by atoms with Crippen LogP contribution in [-0.4, -0.2) is 27.5 Å². The average molecular weight is 396 g/mol. The van der Waals surface area contributed by atoms with Crippen LogP contribution < -0.4 is 10.1 Å². The molecule has 1 aromatic heterocycles. The van der Waals surface area contributed by atoms with E-state index < -0.39 is 4.75 Å². The third kappa shape index (κ3) is 4.22. The van der Waals surface area contributed by atoms with Crippen LogP contribution in [0.3, 0.4) is 0 Å². The Balaban J connectivity index is 1.79. The normalized spacial score (nSPS) is 11.3. The Hall–Kier alpha value is -2.73. The number of benzene rings is 2. The molecule has 3 aromatic rings. The minimum absolute atomic E-state index is 0.0703. The summed E-state index contributed by atoms with van der Waals surface area (Å²) in [5, 5.41) is 7.67. The molecule has 1 heterocycles. The maximum Gasteiger partial charge on any atom is 0.241 e. The zero-order chi connectivity index (χ0) is 20.3. The van der Waals surface area contributed by atoms with Gasteiger partial charge in [-0.1, -0.05) is 30.3 Å². The van der Waals surface area contributed by atoms with E-state index in [9.17, 15) is 4.79 Å². The molecule has 2 aromatic carbocycles. The highest BCUT2D eigenvalue weighted by atomic mass is 32.2. The lowest BCUT2D eigenvalue weighted by molar-refractivity contribution is -0.117. The highest BCUT2D eigenvalue weighted by Crippen LogP contribution is 2.35. The van der Waals surface area contributed by atoms with Crippen molar-refractivity contribution in [2.45, 2.75) is 30.4 Å². The largest absolute Gasteiger partial charge is 0.497 e. The molecule has 1 N–H and O–H groups in total. The minimum Gasteiger partial charge on any atom is -0.497 e. The van der Waals surface area contributed by atoms with E-state index in [1.165, 1.54) is 11.8 Å². The second kappa shape index (κ2) is 8.10. The van der Waals surface area contributed by atoms with Crippen LogP contribution in [0.5, 0.6) is 5.75 Å². The Kier molecular flexibility index (Phi) is 5.79. The number of carbonyl (C=O) groups excluding carboxylic acids is 1. The molecule has 0 atom stereocenters. The molecule has 6 heteroatoms. The summed E-state index contributed by atoms with van der Waals surface area (Å²) in [6.45, 7) is 5.82. The van der Waals surface area contributed by atoms with Gasteiger partial charge < -0.3 is 10.1 Å². The Morgan fingerprint density at radius 2 is 1.75 bits per heavy atom. The number of aromatic nitrogens is 2. The number of aryl methyl sites for hydroxylation is 1. The van der Waals surface area contributed by atoms with Crippen molar-refractivity contribution in [1.29, 1.82) is 0 Å². The molecule has 0 aliphatic heterocycles. The number of carbonyl (C=O) groups is 1. The number of rotatable bonds is 6. The molecule has 0 aliphatic rings. The van der Waals surface area contributed by atoms with Gasteiger partial charge >= 0.3 is 0 Å². The van der Waals surface area contributed by atoms with Gasteiger partial charge in [-0.25, -0.2) is 0 Å². The first kappa shape index (κ1) is 20.0. The second-order valence-corrected chi connectivity index (χ2v) is 8.75. The number of anilines is 1. The minimum atomic E-state index is -0.655. The van der Waals surface area contributed by atoms with Crippen LogP contribution in [0.1, 0.15) is 19.4 Å². The smallest absolute Gasteiger partial charge is 0.241 e. The first-order chi connectivity index (χ1) is 13.3. The molecule has 0 fully saturated rings. The van der Waals surface area contributed by atoms with Crippen molar-refractivity contribution in [2.24, 2.45) is 7.05 Å². The maximum absolute atomic E-state index is 13.0. The van der Waals surface area contributed by atoms with Crippen molar-refractivity contribution in [3.8, 4) is 17.0 Å². The lowest BCUT2D eigenvalue weighted by Gasteiger charge is -2.23. The quantitative estimate of drug-likeness (QED) is 0.602. The predicted molar refractivity (Wildman–Crippen MR) is 115 cm³/mol. The summed E-state index contributed by atoms with van der Waals surface area (Å²) in [6.07, 6.45) is 0. The number of amides is 1. The summed E-state index contributed by atoms with van der Waals surface area (Å²) in [4.78, 5) is 14.0. The van der Waals surface area contributed by atoms with E-state index in [1.54, 1.807) is 11.8 Å². The number of nitrogens with one attached hydrogen (secondary N) is 1. The summed E-state index contributed by atoms with van der Waals surface area (Å²) in [5.74, 6) is 1.44. The van der Waals surface area contributed by atoms with Crippen LogP contribution in [0.2, 0.25) is 0 Å². The summed E-state index contributed by atoms with van der Waals surface area (Å²) in [7, 11) is 3.48. The number of hydrogen-bond donors (Lipinski definition) is 1. The van der Waals surface area contributed by atoms with Crippen LogP contribution >= 0.6 is 11.8 Å². The molecule has 0 spiro atoms. The topological polar surface area (TPSA) is 56.1 Å². The van der Waals surface area contributed by atoms with Crippen molar-refractivity contribution in [3.63, 3.8) is 0 Å². The number of thioether (sulfide) groups is 1. The van der Waals surface area contributed by atoms with Crippen molar-refractivity contribution in [3.05, 3.63) is 60.2 Å². The molecule has 5 nitrogen and oxygen atoms in total. The van der Waals surface area contributed by atoms with Gasteiger partial charge in [-0.05, 0) is 45.0 Å². The molecule has 0 saturated heterocycles. The van der Waals surface area contributed by atoms with Gasteiger partial charge in [0.05, 0.1) is 17.6 Å². The first-order valence-electron chi connectivity index (χ1n) is 9.05. The van der Waals surface area contributed by atoms with Crippen molar-refractivity contribution in [2.75, 3.05) is 12.4 Å². The molecule has 3 rings (SSSR count). The fraction of sp³-hybridized carbons (Fsp3) is 0.273. The molecule has 0 bridgehead atoms. The van der Waals surface area contributed by atoms with Crippen LogP contribution in [0.25, 0.3) is 11.3 Å². The summed E-state index contributed by atoms with van der Waals surface area (Å²) < 4.78 is 6.26. The Bertz CT molecular complexity index is 963. The van der Waals surface area contributed by atoms with Gasteiger partial charge in [0.25, 0.3) is 0 Å². The fourth-order valence-corrected chi connectivity index (χ4v) is 3.92. The van der Waals surface area contributed by atoms with Gasteiger partial charge in [-0.2, -0.15) is 5.10 Å². The van der Waals surface area contributed by atoms with Crippen LogP contribution in [0, 0.1) is 6.92 Å². The van der Waals surface area contributed by atoms with Crippen molar-refractivity contribution in [1.82, 2.24) is 9.78 Å². The third-order valence-electron chi connectivity index (χ3n) is 4.54. The summed E-state index contributed by atoms with van der Waals surface area (Å²) >= 11 is 1.51. The van der Waals surface area contributed by atoms with Gasteiger partial charge in [0, 0.05) is 23.1 Å². The van der Waals surface area contributed by atoms with Crippen LogP contribution in [0.15, 0.2) is 59.5 Å². The van der Waals surface area contributed by atoms with E-state index in [0.29, 0.717) is 5.82 Å². The first-order valence-corrected chi connectivity index (χ1v) is 9.87. The number of nitrogens with zero attached hydrogens (tertiary/aromatic N) is 2. The van der Waals surface area contributed by atoms with E-state index in [0.717, 1.165) is 27.5 Å². The molecule has 1 amide bonds. The molecule has 0 aliphatic carbocycles. The zero-order valence-corrected chi connectivity index (χ0v) is 17.6. The predicted octanol–water partition coefficient (Wildman–Crippen LogP) is 4.91. The fourth-order valence-electron chi connectivity index (χ4n) is 2.92. The molecular weight excluding hydrogens is 370 g/mol. The number of ether oxygens (including phenoxy) is 1. The van der Waals surface area contributed by atoms with E-state index in [2.05, 4.69) is 10.4 Å². The van der Waals surface area contributed by atoms with Crippen LogP contribution in [0.4, 0.5) is 5.82 Å². The SMILES string of the molecule is COc1ccc(SC(C)(C)C(=O)Nc2c(C)c(-c3ccccc3)nn2C)cc1. The van der Waals surface area contributed by atoms with Gasteiger partial charge in [0.1, 0.15) is 11.6 Å². The highest BCUT2D eigenvalue weighted by molar-refractivity contribution is 8.01. The molecule has 146 valence electrons. The van der Waals surface area contributed by atoms with E-state index in [-0.39, 0.29) is 5.91 Å². The number of methoxy groups -OCH3 is 1. The second-order valence-electron chi connectivity index (χ2n) is 7.05. The van der Waals surface area contributed by atoms with Gasteiger partial charge in [0.15, 0.2) is 0 Å². The lowest BCUT2D eigenvalue weighted by Crippen LogP contribution is -2.34. The number of hydrogen-bond acceptors (Lipinski definition) is 4.